The summed E-state index contributed by atoms with van der Waals surface area (Å²) in [6.45, 7) is 11.6. The topological polar surface area (TPSA) is 35.5 Å². The van der Waals surface area contributed by atoms with Gasteiger partial charge in [-0.05, 0) is 37.6 Å². The molecule has 1 unspecified atom stereocenters. The number of hydrogen-bond donors (Lipinski definition) is 2. The van der Waals surface area contributed by atoms with Crippen LogP contribution in [-0.4, -0.2) is 48.8 Å². The Bertz CT molecular complexity index is 206. The van der Waals surface area contributed by atoms with E-state index in [2.05, 4.69) is 31.0 Å². The number of rotatable bonds is 10. The molecule has 3 nitrogen and oxygen atoms in total. The third kappa shape index (κ3) is 5.84. The van der Waals surface area contributed by atoms with Crippen LogP contribution in [0.2, 0.25) is 0 Å². The monoisotopic (exact) mass is 242 g/mol. The fourth-order valence-corrected chi connectivity index (χ4v) is 2.15. The van der Waals surface area contributed by atoms with E-state index in [0.717, 1.165) is 38.6 Å². The second kappa shape index (κ2) is 7.34. The molecule has 0 saturated heterocycles. The van der Waals surface area contributed by atoms with Crippen molar-refractivity contribution in [1.29, 1.82) is 0 Å². The molecular weight excluding hydrogens is 212 g/mol. The molecule has 0 amide bonds. The van der Waals surface area contributed by atoms with Crippen LogP contribution < -0.4 is 5.32 Å². The fourth-order valence-electron chi connectivity index (χ4n) is 2.15. The van der Waals surface area contributed by atoms with E-state index in [0.29, 0.717) is 12.0 Å². The Morgan fingerprint density at radius 1 is 1.35 bits per heavy atom. The average Bonchev–Trinajstić information content (AvgIpc) is 3.16. The van der Waals surface area contributed by atoms with Gasteiger partial charge in [-0.2, -0.15) is 0 Å². The molecule has 3 heteroatoms. The molecule has 0 aromatic carbocycles. The first-order valence-corrected chi connectivity index (χ1v) is 7.20. The highest BCUT2D eigenvalue weighted by atomic mass is 16.3. The predicted octanol–water partition coefficient (Wildman–Crippen LogP) is 1.86. The molecule has 1 fully saturated rings. The van der Waals surface area contributed by atoms with E-state index in [1.165, 1.54) is 19.3 Å². The molecule has 102 valence electrons. The quantitative estimate of drug-likeness (QED) is 0.614. The van der Waals surface area contributed by atoms with Gasteiger partial charge in [0.05, 0.1) is 0 Å². The predicted molar refractivity (Wildman–Crippen MR) is 73.2 cm³/mol. The van der Waals surface area contributed by atoms with Gasteiger partial charge in [0.1, 0.15) is 0 Å². The average molecular weight is 242 g/mol. The van der Waals surface area contributed by atoms with E-state index in [1.807, 2.05) is 0 Å². The van der Waals surface area contributed by atoms with Crippen molar-refractivity contribution in [2.24, 2.45) is 5.41 Å². The summed E-state index contributed by atoms with van der Waals surface area (Å²) in [6, 6.07) is 0.799. The molecule has 1 aliphatic carbocycles. The largest absolute Gasteiger partial charge is 0.396 e. The maximum Gasteiger partial charge on any atom is 0.0443 e. The Kier molecular flexibility index (Phi) is 6.45. The first-order chi connectivity index (χ1) is 8.13. The lowest BCUT2D eigenvalue weighted by Crippen LogP contribution is -2.43. The zero-order chi connectivity index (χ0) is 12.7. The number of aliphatic hydroxyl groups is 1. The summed E-state index contributed by atoms with van der Waals surface area (Å²) in [4.78, 5) is 2.47. The number of hydrogen-bond acceptors (Lipinski definition) is 3. The van der Waals surface area contributed by atoms with Crippen LogP contribution in [0.25, 0.3) is 0 Å². The van der Waals surface area contributed by atoms with Crippen molar-refractivity contribution >= 4 is 0 Å². The highest BCUT2D eigenvalue weighted by Gasteiger charge is 2.28. The van der Waals surface area contributed by atoms with Crippen molar-refractivity contribution in [3.05, 3.63) is 0 Å². The Morgan fingerprint density at radius 2 is 2.06 bits per heavy atom. The maximum atomic E-state index is 8.91. The zero-order valence-electron chi connectivity index (χ0n) is 11.8. The van der Waals surface area contributed by atoms with Crippen LogP contribution in [0.3, 0.4) is 0 Å². The van der Waals surface area contributed by atoms with E-state index in [1.54, 1.807) is 0 Å². The van der Waals surface area contributed by atoms with Crippen molar-refractivity contribution in [3.63, 3.8) is 0 Å². The minimum absolute atomic E-state index is 0.305. The molecule has 1 aliphatic rings. The van der Waals surface area contributed by atoms with Crippen LogP contribution in [-0.2, 0) is 0 Å². The van der Waals surface area contributed by atoms with E-state index >= 15 is 0 Å². The minimum atomic E-state index is 0.305. The SMILES string of the molecule is CCN(CCCO)CC(C)(CC)CNC1CC1. The Hall–Kier alpha value is -0.120. The fraction of sp³-hybridized carbons (Fsp3) is 1.00. The molecule has 0 aromatic heterocycles. The molecule has 0 spiro atoms. The summed E-state index contributed by atoms with van der Waals surface area (Å²) in [5.74, 6) is 0. The van der Waals surface area contributed by atoms with Gasteiger partial charge in [0.25, 0.3) is 0 Å². The number of aliphatic hydroxyl groups excluding tert-OH is 1. The summed E-state index contributed by atoms with van der Waals surface area (Å²) in [5.41, 5.74) is 0.369. The third-order valence-electron chi connectivity index (χ3n) is 3.93. The van der Waals surface area contributed by atoms with E-state index in [9.17, 15) is 0 Å². The van der Waals surface area contributed by atoms with Crippen LogP contribution in [0.1, 0.15) is 46.5 Å². The van der Waals surface area contributed by atoms with Crippen LogP contribution in [0, 0.1) is 5.41 Å². The van der Waals surface area contributed by atoms with Gasteiger partial charge in [-0.15, -0.1) is 0 Å². The Balaban J connectivity index is 2.34. The van der Waals surface area contributed by atoms with E-state index < -0.39 is 0 Å². The van der Waals surface area contributed by atoms with E-state index in [4.69, 9.17) is 5.11 Å². The number of nitrogens with zero attached hydrogens (tertiary/aromatic N) is 1. The lowest BCUT2D eigenvalue weighted by atomic mass is 9.86. The highest BCUT2D eigenvalue weighted by Crippen LogP contribution is 2.25. The van der Waals surface area contributed by atoms with Crippen molar-refractivity contribution in [2.75, 3.05) is 32.8 Å². The molecule has 1 atom stereocenters. The molecule has 2 N–H and O–H groups in total. The maximum absolute atomic E-state index is 8.91. The van der Waals surface area contributed by atoms with Crippen LogP contribution in [0.5, 0.6) is 0 Å². The summed E-state index contributed by atoms with van der Waals surface area (Å²) in [7, 11) is 0. The second-order valence-electron chi connectivity index (χ2n) is 5.77. The van der Waals surface area contributed by atoms with Gasteiger partial charge >= 0.3 is 0 Å². The van der Waals surface area contributed by atoms with Gasteiger partial charge in [0.2, 0.25) is 0 Å². The van der Waals surface area contributed by atoms with Crippen molar-refractivity contribution in [3.8, 4) is 0 Å². The van der Waals surface area contributed by atoms with Gasteiger partial charge in [0.15, 0.2) is 0 Å². The molecule has 0 radical (unpaired) electrons. The summed E-state index contributed by atoms with van der Waals surface area (Å²) < 4.78 is 0. The molecule has 17 heavy (non-hydrogen) atoms. The lowest BCUT2D eigenvalue weighted by Gasteiger charge is -2.35. The van der Waals surface area contributed by atoms with Crippen LogP contribution >= 0.6 is 0 Å². The van der Waals surface area contributed by atoms with Gasteiger partial charge in [-0.25, -0.2) is 0 Å². The summed E-state index contributed by atoms with van der Waals surface area (Å²) >= 11 is 0. The molecule has 0 heterocycles. The minimum Gasteiger partial charge on any atom is -0.396 e. The lowest BCUT2D eigenvalue weighted by molar-refractivity contribution is 0.148. The first-order valence-electron chi connectivity index (χ1n) is 7.20. The van der Waals surface area contributed by atoms with Gasteiger partial charge in [0, 0.05) is 32.3 Å². The van der Waals surface area contributed by atoms with Crippen LogP contribution in [0.15, 0.2) is 0 Å². The third-order valence-corrected chi connectivity index (χ3v) is 3.93. The van der Waals surface area contributed by atoms with Crippen molar-refractivity contribution < 1.29 is 5.11 Å². The summed E-state index contributed by atoms with van der Waals surface area (Å²) in [6.07, 6.45) is 4.83. The van der Waals surface area contributed by atoms with Gasteiger partial charge in [-0.1, -0.05) is 20.8 Å². The smallest absolute Gasteiger partial charge is 0.0443 e. The van der Waals surface area contributed by atoms with Crippen molar-refractivity contribution in [2.45, 2.75) is 52.5 Å². The molecular formula is C14H30N2O. The normalized spacial score (nSPS) is 19.6. The van der Waals surface area contributed by atoms with Crippen molar-refractivity contribution in [1.82, 2.24) is 10.2 Å². The number of nitrogens with one attached hydrogen (secondary N) is 1. The van der Waals surface area contributed by atoms with Crippen LogP contribution in [0.4, 0.5) is 0 Å². The molecule has 1 rings (SSSR count). The molecule has 1 saturated carbocycles. The molecule has 0 aromatic rings. The van der Waals surface area contributed by atoms with Gasteiger partial charge in [-0.3, -0.25) is 0 Å². The first kappa shape index (κ1) is 14.9. The molecule has 0 aliphatic heterocycles. The Morgan fingerprint density at radius 3 is 2.53 bits per heavy atom. The highest BCUT2D eigenvalue weighted by molar-refractivity contribution is 4.86. The van der Waals surface area contributed by atoms with Gasteiger partial charge < -0.3 is 15.3 Å². The van der Waals surface area contributed by atoms with E-state index in [-0.39, 0.29) is 0 Å². The summed E-state index contributed by atoms with van der Waals surface area (Å²) in [5, 5.41) is 12.6. The second-order valence-corrected chi connectivity index (χ2v) is 5.77. The Labute approximate surface area is 107 Å². The zero-order valence-corrected chi connectivity index (χ0v) is 11.8. The standard InChI is InChI=1S/C14H30N2O/c1-4-14(3,11-15-13-7-8-13)12-16(5-2)9-6-10-17/h13,15,17H,4-12H2,1-3H3. The molecule has 0 bridgehead atoms.